The summed E-state index contributed by atoms with van der Waals surface area (Å²) >= 11 is 5.99. The number of rotatable bonds is 4. The van der Waals surface area contributed by atoms with E-state index in [4.69, 9.17) is 27.3 Å². The lowest BCUT2D eigenvalue weighted by Gasteiger charge is -2.11. The molecule has 0 aliphatic carbocycles. The summed E-state index contributed by atoms with van der Waals surface area (Å²) in [6, 6.07) is 10.4. The molecular formula is C13H10ClN3O4. The Balaban J connectivity index is 2.43. The quantitative estimate of drug-likeness (QED) is 0.296. The lowest BCUT2D eigenvalue weighted by molar-refractivity contribution is -0.384. The Bertz CT molecular complexity index is 718. The third-order valence-corrected chi connectivity index (χ3v) is 2.91. The molecule has 8 heteroatoms. The van der Waals surface area contributed by atoms with Gasteiger partial charge in [-0.15, -0.1) is 0 Å². The Morgan fingerprint density at radius 2 is 2.05 bits per heavy atom. The molecule has 0 bridgehead atoms. The van der Waals surface area contributed by atoms with Gasteiger partial charge in [0.2, 0.25) is 0 Å². The van der Waals surface area contributed by atoms with Gasteiger partial charge in [-0.2, -0.15) is 0 Å². The van der Waals surface area contributed by atoms with Crippen LogP contribution in [0.25, 0.3) is 0 Å². The van der Waals surface area contributed by atoms with Gasteiger partial charge in [-0.1, -0.05) is 28.9 Å². The molecule has 21 heavy (non-hydrogen) atoms. The van der Waals surface area contributed by atoms with Crippen molar-refractivity contribution < 1.29 is 14.9 Å². The average Bonchev–Trinajstić information content (AvgIpc) is 2.47. The summed E-state index contributed by atoms with van der Waals surface area (Å²) in [4.78, 5) is 10.2. The molecule has 0 aromatic heterocycles. The Kier molecular flexibility index (Phi) is 4.24. The number of halogens is 1. The molecule has 0 aliphatic heterocycles. The minimum atomic E-state index is -0.532. The van der Waals surface area contributed by atoms with Crippen LogP contribution in [-0.2, 0) is 0 Å². The van der Waals surface area contributed by atoms with Crippen molar-refractivity contribution in [2.45, 2.75) is 0 Å². The summed E-state index contributed by atoms with van der Waals surface area (Å²) in [5.41, 5.74) is 5.65. The molecule has 108 valence electrons. The number of hydrogen-bond acceptors (Lipinski definition) is 5. The number of ether oxygens (including phenoxy) is 1. The van der Waals surface area contributed by atoms with Crippen LogP contribution >= 0.6 is 11.6 Å². The Hall–Kier alpha value is -2.80. The lowest BCUT2D eigenvalue weighted by atomic mass is 10.2. The van der Waals surface area contributed by atoms with Gasteiger partial charge in [0.05, 0.1) is 21.6 Å². The minimum Gasteiger partial charge on any atom is -0.456 e. The van der Waals surface area contributed by atoms with Crippen molar-refractivity contribution in [2.24, 2.45) is 10.9 Å². The van der Waals surface area contributed by atoms with Crippen LogP contribution < -0.4 is 10.5 Å². The molecule has 0 aliphatic rings. The number of benzene rings is 2. The number of nitrogens with two attached hydrogens (primary N) is 1. The second-order valence-electron chi connectivity index (χ2n) is 3.95. The highest BCUT2D eigenvalue weighted by Gasteiger charge is 2.15. The standard InChI is InChI=1S/C13H10ClN3O4/c14-10-5-2-6-11(12(10)13(15)16-18)21-9-4-1-3-8(7-9)17(19)20/h1-7,18H,(H2,15,16). The number of non-ortho nitro benzene ring substituents is 1. The second-order valence-corrected chi connectivity index (χ2v) is 4.36. The van der Waals surface area contributed by atoms with Crippen LogP contribution in [0.5, 0.6) is 11.5 Å². The van der Waals surface area contributed by atoms with Crippen LogP contribution in [0, 0.1) is 10.1 Å². The van der Waals surface area contributed by atoms with E-state index in [1.807, 2.05) is 0 Å². The highest BCUT2D eigenvalue weighted by atomic mass is 35.5. The van der Waals surface area contributed by atoms with Gasteiger partial charge in [0.25, 0.3) is 5.69 Å². The Morgan fingerprint density at radius 1 is 1.33 bits per heavy atom. The van der Waals surface area contributed by atoms with Crippen molar-refractivity contribution in [3.05, 3.63) is 63.2 Å². The van der Waals surface area contributed by atoms with Crippen molar-refractivity contribution in [2.75, 3.05) is 0 Å². The lowest BCUT2D eigenvalue weighted by Crippen LogP contribution is -2.14. The maximum absolute atomic E-state index is 10.7. The summed E-state index contributed by atoms with van der Waals surface area (Å²) < 4.78 is 5.54. The van der Waals surface area contributed by atoms with Gasteiger partial charge >= 0.3 is 0 Å². The van der Waals surface area contributed by atoms with E-state index in [9.17, 15) is 10.1 Å². The summed E-state index contributed by atoms with van der Waals surface area (Å²) in [5.74, 6) is 0.234. The van der Waals surface area contributed by atoms with Crippen molar-refractivity contribution in [3.8, 4) is 11.5 Å². The molecule has 0 amide bonds. The fourth-order valence-electron chi connectivity index (χ4n) is 1.68. The Labute approximate surface area is 124 Å². The first-order chi connectivity index (χ1) is 10.0. The molecule has 0 heterocycles. The summed E-state index contributed by atoms with van der Waals surface area (Å²) in [6.07, 6.45) is 0. The molecule has 0 unspecified atom stereocenters. The maximum Gasteiger partial charge on any atom is 0.273 e. The van der Waals surface area contributed by atoms with Crippen LogP contribution in [-0.4, -0.2) is 16.0 Å². The van der Waals surface area contributed by atoms with Gasteiger partial charge in [-0.25, -0.2) is 0 Å². The molecule has 0 atom stereocenters. The van der Waals surface area contributed by atoms with Crippen molar-refractivity contribution in [1.82, 2.24) is 0 Å². The van der Waals surface area contributed by atoms with E-state index in [0.29, 0.717) is 0 Å². The number of nitro groups is 1. The molecule has 0 spiro atoms. The third-order valence-electron chi connectivity index (χ3n) is 2.60. The van der Waals surface area contributed by atoms with Crippen molar-refractivity contribution in [3.63, 3.8) is 0 Å². The van der Waals surface area contributed by atoms with Crippen LogP contribution in [0.3, 0.4) is 0 Å². The third kappa shape index (κ3) is 3.21. The zero-order valence-electron chi connectivity index (χ0n) is 10.6. The van der Waals surface area contributed by atoms with Crippen LogP contribution in [0.4, 0.5) is 5.69 Å². The zero-order valence-corrected chi connectivity index (χ0v) is 11.3. The second kappa shape index (κ2) is 6.10. The normalized spacial score (nSPS) is 11.2. The first kappa shape index (κ1) is 14.6. The van der Waals surface area contributed by atoms with Gasteiger partial charge in [0.15, 0.2) is 5.84 Å². The number of oxime groups is 1. The smallest absolute Gasteiger partial charge is 0.273 e. The molecule has 2 aromatic rings. The summed E-state index contributed by atoms with van der Waals surface area (Å²) in [5, 5.41) is 22.6. The van der Waals surface area contributed by atoms with E-state index in [1.165, 1.54) is 18.2 Å². The molecule has 3 N–H and O–H groups in total. The number of amidine groups is 1. The topological polar surface area (TPSA) is 111 Å². The molecule has 2 rings (SSSR count). The first-order valence-electron chi connectivity index (χ1n) is 5.71. The number of hydrogen-bond donors (Lipinski definition) is 2. The highest BCUT2D eigenvalue weighted by Crippen LogP contribution is 2.31. The maximum atomic E-state index is 10.7. The zero-order chi connectivity index (χ0) is 15.4. The predicted molar refractivity (Wildman–Crippen MR) is 77.1 cm³/mol. The van der Waals surface area contributed by atoms with Crippen LogP contribution in [0.2, 0.25) is 5.02 Å². The van der Waals surface area contributed by atoms with E-state index in [-0.39, 0.29) is 33.6 Å². The molecule has 0 radical (unpaired) electrons. The van der Waals surface area contributed by atoms with Gasteiger partial charge in [0, 0.05) is 6.07 Å². The predicted octanol–water partition coefficient (Wildman–Crippen LogP) is 3.14. The molecule has 2 aromatic carbocycles. The fraction of sp³-hybridized carbons (Fsp3) is 0. The van der Waals surface area contributed by atoms with Gasteiger partial charge in [0.1, 0.15) is 11.5 Å². The molecule has 0 saturated carbocycles. The summed E-state index contributed by atoms with van der Waals surface area (Å²) in [7, 11) is 0. The number of nitrogens with zero attached hydrogens (tertiary/aromatic N) is 2. The average molecular weight is 308 g/mol. The van der Waals surface area contributed by atoms with E-state index < -0.39 is 4.92 Å². The number of nitro benzene ring substituents is 1. The largest absolute Gasteiger partial charge is 0.456 e. The van der Waals surface area contributed by atoms with E-state index in [2.05, 4.69) is 5.16 Å². The van der Waals surface area contributed by atoms with Gasteiger partial charge in [-0.3, -0.25) is 10.1 Å². The molecule has 7 nitrogen and oxygen atoms in total. The van der Waals surface area contributed by atoms with E-state index >= 15 is 0 Å². The van der Waals surface area contributed by atoms with Crippen molar-refractivity contribution >= 4 is 23.1 Å². The van der Waals surface area contributed by atoms with Crippen molar-refractivity contribution in [1.29, 1.82) is 0 Å². The monoisotopic (exact) mass is 307 g/mol. The Morgan fingerprint density at radius 3 is 2.71 bits per heavy atom. The van der Waals surface area contributed by atoms with Crippen LogP contribution in [0.15, 0.2) is 47.6 Å². The van der Waals surface area contributed by atoms with Gasteiger partial charge in [-0.05, 0) is 18.2 Å². The molecule has 0 saturated heterocycles. The van der Waals surface area contributed by atoms with E-state index in [0.717, 1.165) is 0 Å². The fourth-order valence-corrected chi connectivity index (χ4v) is 1.94. The van der Waals surface area contributed by atoms with Crippen LogP contribution in [0.1, 0.15) is 5.56 Å². The molecular weight excluding hydrogens is 298 g/mol. The van der Waals surface area contributed by atoms with Gasteiger partial charge < -0.3 is 15.7 Å². The first-order valence-corrected chi connectivity index (χ1v) is 6.09. The summed E-state index contributed by atoms with van der Waals surface area (Å²) in [6.45, 7) is 0. The SMILES string of the molecule is NC(=NO)c1c(Cl)cccc1Oc1cccc([N+](=O)[O-])c1. The van der Waals surface area contributed by atoms with E-state index in [1.54, 1.807) is 24.3 Å². The highest BCUT2D eigenvalue weighted by molar-refractivity contribution is 6.34. The minimum absolute atomic E-state index is 0.111. The molecule has 0 fully saturated rings.